The van der Waals surface area contributed by atoms with Crippen molar-refractivity contribution in [3.63, 3.8) is 0 Å². The number of nitrogens with zero attached hydrogens (tertiary/aromatic N) is 3. The van der Waals surface area contributed by atoms with E-state index < -0.39 is 0 Å². The van der Waals surface area contributed by atoms with Crippen LogP contribution in [0, 0.1) is 0 Å². The summed E-state index contributed by atoms with van der Waals surface area (Å²) < 4.78 is 11.1. The lowest BCUT2D eigenvalue weighted by Gasteiger charge is -2.13. The highest BCUT2D eigenvalue weighted by molar-refractivity contribution is 6.30. The number of benzene rings is 2. The standard InChI is InChI=1S/C17H16Cl2N4O2/c1-24-15-9-13-14(10-16(15)25-8-2-7-18)21-23-22-17(13)20-12-5-3-11(19)4-6-12/h3-6,9-10H,2,7-8H2,1H3,(H,20,21,22). The van der Waals surface area contributed by atoms with E-state index in [1.807, 2.05) is 18.2 Å². The van der Waals surface area contributed by atoms with E-state index in [0.717, 1.165) is 17.5 Å². The fraction of sp³-hybridized carbons (Fsp3) is 0.235. The highest BCUT2D eigenvalue weighted by Crippen LogP contribution is 2.34. The molecule has 8 heteroatoms. The third kappa shape index (κ3) is 4.21. The molecule has 0 saturated carbocycles. The third-order valence-corrected chi connectivity index (χ3v) is 4.00. The quantitative estimate of drug-likeness (QED) is 0.484. The Labute approximate surface area is 155 Å². The number of ether oxygens (including phenoxy) is 2. The van der Waals surface area contributed by atoms with Gasteiger partial charge in [0.25, 0.3) is 0 Å². The van der Waals surface area contributed by atoms with E-state index in [0.29, 0.717) is 40.3 Å². The van der Waals surface area contributed by atoms with Crippen molar-refractivity contribution in [1.82, 2.24) is 15.4 Å². The molecular weight excluding hydrogens is 363 g/mol. The van der Waals surface area contributed by atoms with E-state index in [1.54, 1.807) is 25.3 Å². The lowest BCUT2D eigenvalue weighted by atomic mass is 10.2. The van der Waals surface area contributed by atoms with Gasteiger partial charge in [-0.3, -0.25) is 0 Å². The summed E-state index contributed by atoms with van der Waals surface area (Å²) in [5.41, 5.74) is 1.49. The fourth-order valence-corrected chi connectivity index (χ4v) is 2.50. The fourth-order valence-electron chi connectivity index (χ4n) is 2.26. The highest BCUT2D eigenvalue weighted by Gasteiger charge is 2.12. The molecule has 0 aliphatic rings. The normalized spacial score (nSPS) is 10.7. The van der Waals surface area contributed by atoms with Crippen LogP contribution in [0.3, 0.4) is 0 Å². The summed E-state index contributed by atoms with van der Waals surface area (Å²) in [6.45, 7) is 0.500. The van der Waals surface area contributed by atoms with Crippen molar-refractivity contribution in [1.29, 1.82) is 0 Å². The SMILES string of the molecule is COc1cc2c(Nc3ccc(Cl)cc3)nnnc2cc1OCCCCl. The van der Waals surface area contributed by atoms with Crippen LogP contribution in [0.25, 0.3) is 10.9 Å². The molecule has 1 heterocycles. The first kappa shape index (κ1) is 17.5. The molecule has 0 atom stereocenters. The van der Waals surface area contributed by atoms with Gasteiger partial charge in [0, 0.05) is 22.7 Å². The Morgan fingerprint density at radius 3 is 2.60 bits per heavy atom. The second kappa shape index (κ2) is 8.18. The number of hydrogen-bond donors (Lipinski definition) is 1. The summed E-state index contributed by atoms with van der Waals surface area (Å²) in [6, 6.07) is 10.9. The van der Waals surface area contributed by atoms with Gasteiger partial charge in [0.05, 0.1) is 19.1 Å². The number of hydrogen-bond acceptors (Lipinski definition) is 6. The molecule has 0 bridgehead atoms. The molecule has 0 fully saturated rings. The molecule has 0 spiro atoms. The van der Waals surface area contributed by atoms with Crippen molar-refractivity contribution in [2.45, 2.75) is 6.42 Å². The van der Waals surface area contributed by atoms with Crippen molar-refractivity contribution in [2.75, 3.05) is 24.9 Å². The third-order valence-electron chi connectivity index (χ3n) is 3.48. The van der Waals surface area contributed by atoms with Gasteiger partial charge in [-0.25, -0.2) is 0 Å². The minimum absolute atomic E-state index is 0.500. The maximum atomic E-state index is 5.91. The van der Waals surface area contributed by atoms with Crippen LogP contribution < -0.4 is 14.8 Å². The lowest BCUT2D eigenvalue weighted by molar-refractivity contribution is 0.295. The van der Waals surface area contributed by atoms with E-state index in [9.17, 15) is 0 Å². The molecule has 3 aromatic rings. The van der Waals surface area contributed by atoms with Crippen molar-refractivity contribution in [3.05, 3.63) is 41.4 Å². The van der Waals surface area contributed by atoms with Crippen LogP contribution in [-0.2, 0) is 0 Å². The number of fused-ring (bicyclic) bond motifs is 1. The van der Waals surface area contributed by atoms with Gasteiger partial charge < -0.3 is 14.8 Å². The molecule has 25 heavy (non-hydrogen) atoms. The van der Waals surface area contributed by atoms with Gasteiger partial charge in [-0.05, 0) is 42.0 Å². The summed E-state index contributed by atoms with van der Waals surface area (Å²) in [4.78, 5) is 0. The first-order valence-electron chi connectivity index (χ1n) is 7.63. The summed E-state index contributed by atoms with van der Waals surface area (Å²) in [6.07, 6.45) is 0.744. The molecule has 1 N–H and O–H groups in total. The molecule has 2 aromatic carbocycles. The van der Waals surface area contributed by atoms with Crippen molar-refractivity contribution < 1.29 is 9.47 Å². The number of methoxy groups -OCH3 is 1. The molecule has 0 unspecified atom stereocenters. The predicted octanol–water partition coefficient (Wildman–Crippen LogP) is 4.44. The summed E-state index contributed by atoms with van der Waals surface area (Å²) in [5, 5.41) is 16.6. The molecule has 0 saturated heterocycles. The zero-order valence-corrected chi connectivity index (χ0v) is 15.0. The van der Waals surface area contributed by atoms with Crippen LogP contribution in [0.1, 0.15) is 6.42 Å². The summed E-state index contributed by atoms with van der Waals surface area (Å²) >= 11 is 11.6. The van der Waals surface area contributed by atoms with E-state index in [1.165, 1.54) is 0 Å². The number of alkyl halides is 1. The summed E-state index contributed by atoms with van der Waals surface area (Å²) in [7, 11) is 1.59. The first-order valence-corrected chi connectivity index (χ1v) is 8.55. The average molecular weight is 379 g/mol. The Hall–Kier alpha value is -2.31. The smallest absolute Gasteiger partial charge is 0.164 e. The van der Waals surface area contributed by atoms with Crippen molar-refractivity contribution in [3.8, 4) is 11.5 Å². The van der Waals surface area contributed by atoms with Gasteiger partial charge in [-0.1, -0.05) is 11.6 Å². The van der Waals surface area contributed by atoms with Crippen LogP contribution in [0.15, 0.2) is 36.4 Å². The zero-order valence-electron chi connectivity index (χ0n) is 13.5. The molecular formula is C17H16Cl2N4O2. The number of nitrogens with one attached hydrogen (secondary N) is 1. The Kier molecular flexibility index (Phi) is 5.73. The molecule has 3 rings (SSSR count). The Morgan fingerprint density at radius 1 is 1.08 bits per heavy atom. The number of halogens is 2. The molecule has 0 amide bonds. The van der Waals surface area contributed by atoms with E-state index >= 15 is 0 Å². The van der Waals surface area contributed by atoms with E-state index in [2.05, 4.69) is 20.7 Å². The minimum atomic E-state index is 0.500. The van der Waals surface area contributed by atoms with Gasteiger partial charge in [-0.15, -0.1) is 21.8 Å². The van der Waals surface area contributed by atoms with Gasteiger partial charge >= 0.3 is 0 Å². The Morgan fingerprint density at radius 2 is 1.88 bits per heavy atom. The minimum Gasteiger partial charge on any atom is -0.493 e. The maximum Gasteiger partial charge on any atom is 0.164 e. The second-order valence-electron chi connectivity index (χ2n) is 5.18. The predicted molar refractivity (Wildman–Crippen MR) is 99.5 cm³/mol. The van der Waals surface area contributed by atoms with Gasteiger partial charge in [-0.2, -0.15) is 0 Å². The lowest BCUT2D eigenvalue weighted by Crippen LogP contribution is -2.02. The van der Waals surface area contributed by atoms with Crippen LogP contribution in [-0.4, -0.2) is 35.0 Å². The van der Waals surface area contributed by atoms with Gasteiger partial charge in [0.1, 0.15) is 5.52 Å². The summed E-state index contributed by atoms with van der Waals surface area (Å²) in [5.74, 6) is 2.29. The topological polar surface area (TPSA) is 69.2 Å². The first-order chi connectivity index (χ1) is 12.2. The second-order valence-corrected chi connectivity index (χ2v) is 6.00. The van der Waals surface area contributed by atoms with Gasteiger partial charge in [0.2, 0.25) is 0 Å². The molecule has 1 aromatic heterocycles. The number of aromatic nitrogens is 3. The van der Waals surface area contributed by atoms with Crippen LogP contribution >= 0.6 is 23.2 Å². The molecule has 0 radical (unpaired) electrons. The van der Waals surface area contributed by atoms with E-state index in [4.69, 9.17) is 32.7 Å². The average Bonchev–Trinajstić information content (AvgIpc) is 2.63. The largest absolute Gasteiger partial charge is 0.493 e. The monoisotopic (exact) mass is 378 g/mol. The van der Waals surface area contributed by atoms with Crippen LogP contribution in [0.4, 0.5) is 11.5 Å². The highest BCUT2D eigenvalue weighted by atomic mass is 35.5. The number of rotatable bonds is 7. The number of anilines is 2. The van der Waals surface area contributed by atoms with Crippen molar-refractivity contribution >= 4 is 45.6 Å². The van der Waals surface area contributed by atoms with Crippen LogP contribution in [0.5, 0.6) is 11.5 Å². The molecule has 6 nitrogen and oxygen atoms in total. The van der Waals surface area contributed by atoms with Crippen molar-refractivity contribution in [2.24, 2.45) is 0 Å². The molecule has 0 aliphatic heterocycles. The van der Waals surface area contributed by atoms with Crippen LogP contribution in [0.2, 0.25) is 5.02 Å². The zero-order chi connectivity index (χ0) is 17.6. The van der Waals surface area contributed by atoms with Gasteiger partial charge in [0.15, 0.2) is 17.3 Å². The maximum absolute atomic E-state index is 5.91. The molecule has 130 valence electrons. The Bertz CT molecular complexity index is 859. The van der Waals surface area contributed by atoms with E-state index in [-0.39, 0.29) is 0 Å². The molecule has 0 aliphatic carbocycles. The Balaban J connectivity index is 1.95.